The molecule has 0 radical (unpaired) electrons. The average Bonchev–Trinajstić information content (AvgIpc) is 2.45. The number of rotatable bonds is 1. The van der Waals surface area contributed by atoms with E-state index in [0.29, 0.717) is 0 Å². The third-order valence-electron chi connectivity index (χ3n) is 3.53. The van der Waals surface area contributed by atoms with Crippen molar-refractivity contribution in [1.29, 1.82) is 0 Å². The van der Waals surface area contributed by atoms with E-state index in [0.717, 1.165) is 25.9 Å². The van der Waals surface area contributed by atoms with Crippen LogP contribution in [0.3, 0.4) is 0 Å². The highest BCUT2D eigenvalue weighted by molar-refractivity contribution is 6.06. The summed E-state index contributed by atoms with van der Waals surface area (Å²) in [4.78, 5) is 24.5. The third-order valence-corrected chi connectivity index (χ3v) is 3.53. The maximum Gasteiger partial charge on any atom is 0.324 e. The molecule has 2 rings (SSSR count). The molecule has 15 heavy (non-hydrogen) atoms. The first-order chi connectivity index (χ1) is 7.05. The van der Waals surface area contributed by atoms with E-state index in [1.54, 1.807) is 0 Å². The topological polar surface area (TPSA) is 61.4 Å². The molecule has 0 bridgehead atoms. The van der Waals surface area contributed by atoms with Crippen LogP contribution in [0, 0.1) is 5.92 Å². The molecule has 2 aliphatic heterocycles. The molecule has 84 valence electrons. The van der Waals surface area contributed by atoms with Crippen molar-refractivity contribution in [2.45, 2.75) is 25.3 Å². The number of nitrogens with zero attached hydrogens (tertiary/aromatic N) is 1. The Morgan fingerprint density at radius 3 is 2.67 bits per heavy atom. The highest BCUT2D eigenvalue weighted by Crippen LogP contribution is 2.29. The number of hydrogen-bond donors (Lipinski definition) is 2. The summed E-state index contributed by atoms with van der Waals surface area (Å²) in [6, 6.07) is -0.284. The second-order valence-electron chi connectivity index (χ2n) is 4.54. The second-order valence-corrected chi connectivity index (χ2v) is 4.54. The number of carbonyl (C=O) groups is 2. The van der Waals surface area contributed by atoms with E-state index in [9.17, 15) is 9.59 Å². The second kappa shape index (κ2) is 3.48. The summed E-state index contributed by atoms with van der Waals surface area (Å²) in [6.07, 6.45) is 2.05. The molecule has 0 spiro atoms. The van der Waals surface area contributed by atoms with Crippen LogP contribution in [0.1, 0.15) is 19.8 Å². The predicted molar refractivity (Wildman–Crippen MR) is 55.3 cm³/mol. The van der Waals surface area contributed by atoms with E-state index in [2.05, 4.69) is 10.6 Å². The lowest BCUT2D eigenvalue weighted by Gasteiger charge is -2.34. The van der Waals surface area contributed by atoms with Gasteiger partial charge in [0.25, 0.3) is 5.91 Å². The number of urea groups is 1. The fourth-order valence-electron chi connectivity index (χ4n) is 2.42. The Bertz CT molecular complexity index is 299. The molecule has 0 aromatic heterocycles. The molecule has 5 nitrogen and oxygen atoms in total. The van der Waals surface area contributed by atoms with Gasteiger partial charge in [0.15, 0.2) is 0 Å². The summed E-state index contributed by atoms with van der Waals surface area (Å²) in [5.74, 6) is 0.0915. The Balaban J connectivity index is 2.18. The minimum Gasteiger partial charge on any atom is -0.323 e. The van der Waals surface area contributed by atoms with Gasteiger partial charge in [0.1, 0.15) is 5.54 Å². The van der Waals surface area contributed by atoms with E-state index < -0.39 is 5.54 Å². The molecule has 3 amide bonds. The van der Waals surface area contributed by atoms with Crippen LogP contribution in [0.4, 0.5) is 4.79 Å². The van der Waals surface area contributed by atoms with Crippen LogP contribution in [-0.2, 0) is 4.79 Å². The van der Waals surface area contributed by atoms with Crippen LogP contribution in [0.15, 0.2) is 0 Å². The van der Waals surface area contributed by atoms with E-state index in [-0.39, 0.29) is 17.9 Å². The third kappa shape index (κ3) is 1.51. The van der Waals surface area contributed by atoms with Crippen LogP contribution in [0.5, 0.6) is 0 Å². The summed E-state index contributed by atoms with van der Waals surface area (Å²) in [5.41, 5.74) is -0.709. The molecular weight excluding hydrogens is 194 g/mol. The maximum absolute atomic E-state index is 12.0. The van der Waals surface area contributed by atoms with E-state index >= 15 is 0 Å². The van der Waals surface area contributed by atoms with Gasteiger partial charge in [0.05, 0.1) is 0 Å². The van der Waals surface area contributed by atoms with Crippen molar-refractivity contribution in [2.75, 3.05) is 20.1 Å². The monoisotopic (exact) mass is 211 g/mol. The van der Waals surface area contributed by atoms with Gasteiger partial charge >= 0.3 is 6.03 Å². The smallest absolute Gasteiger partial charge is 0.323 e. The van der Waals surface area contributed by atoms with E-state index in [1.165, 1.54) is 11.9 Å². The number of likely N-dealkylation sites (N-methyl/N-ethyl adjacent to an activating group) is 1. The molecule has 2 atom stereocenters. The predicted octanol–water partition coefficient (Wildman–Crippen LogP) is -0.0737. The zero-order valence-electron chi connectivity index (χ0n) is 9.17. The van der Waals surface area contributed by atoms with Gasteiger partial charge in [-0.25, -0.2) is 4.79 Å². The normalized spacial score (nSPS) is 36.9. The summed E-state index contributed by atoms with van der Waals surface area (Å²) in [7, 11) is 1.53. The van der Waals surface area contributed by atoms with Crippen molar-refractivity contribution in [1.82, 2.24) is 15.5 Å². The van der Waals surface area contributed by atoms with Gasteiger partial charge < -0.3 is 10.6 Å². The van der Waals surface area contributed by atoms with Crippen molar-refractivity contribution >= 4 is 11.9 Å². The number of amides is 3. The molecule has 0 unspecified atom stereocenters. The van der Waals surface area contributed by atoms with Crippen molar-refractivity contribution in [3.8, 4) is 0 Å². The van der Waals surface area contributed by atoms with E-state index in [1.807, 2.05) is 6.92 Å². The minimum atomic E-state index is -0.709. The first kappa shape index (κ1) is 10.4. The van der Waals surface area contributed by atoms with Gasteiger partial charge in [-0.15, -0.1) is 0 Å². The quantitative estimate of drug-likeness (QED) is 0.597. The average molecular weight is 211 g/mol. The Kier molecular flexibility index (Phi) is 2.42. The lowest BCUT2D eigenvalue weighted by molar-refractivity contribution is -0.131. The molecule has 0 saturated carbocycles. The molecule has 0 aliphatic carbocycles. The molecule has 2 aliphatic rings. The Labute approximate surface area is 89.2 Å². The fourth-order valence-corrected chi connectivity index (χ4v) is 2.42. The van der Waals surface area contributed by atoms with Crippen molar-refractivity contribution in [3.05, 3.63) is 0 Å². The SMILES string of the molecule is CN1C(=O)N[C@](C)([C@@H]2CCCNC2)C1=O. The van der Waals surface area contributed by atoms with Gasteiger partial charge in [-0.3, -0.25) is 9.69 Å². The first-order valence-electron chi connectivity index (χ1n) is 5.36. The minimum absolute atomic E-state index is 0.110. The Morgan fingerprint density at radius 1 is 1.47 bits per heavy atom. The largest absolute Gasteiger partial charge is 0.324 e. The molecule has 5 heteroatoms. The number of imide groups is 1. The zero-order valence-corrected chi connectivity index (χ0v) is 9.17. The summed E-state index contributed by atoms with van der Waals surface area (Å²) in [6.45, 7) is 3.63. The summed E-state index contributed by atoms with van der Waals surface area (Å²) < 4.78 is 0. The maximum atomic E-state index is 12.0. The first-order valence-corrected chi connectivity index (χ1v) is 5.36. The van der Waals surface area contributed by atoms with Gasteiger partial charge in [0, 0.05) is 19.5 Å². The molecule has 2 N–H and O–H groups in total. The van der Waals surface area contributed by atoms with Crippen LogP contribution >= 0.6 is 0 Å². The van der Waals surface area contributed by atoms with Crippen LogP contribution in [0.25, 0.3) is 0 Å². The standard InChI is InChI=1S/C10H17N3O2/c1-10(7-4-3-5-11-6-7)8(14)13(2)9(15)12-10/h7,11H,3-6H2,1-2H3,(H,12,15)/t7-,10-/m1/s1. The van der Waals surface area contributed by atoms with Crippen LogP contribution < -0.4 is 10.6 Å². The summed E-state index contributed by atoms with van der Waals surface area (Å²) in [5, 5.41) is 6.06. The van der Waals surface area contributed by atoms with Crippen molar-refractivity contribution in [2.24, 2.45) is 5.92 Å². The fraction of sp³-hybridized carbons (Fsp3) is 0.800. The molecule has 0 aromatic rings. The lowest BCUT2D eigenvalue weighted by atomic mass is 9.80. The molecule has 0 aromatic carbocycles. The van der Waals surface area contributed by atoms with Gasteiger partial charge in [0.2, 0.25) is 0 Å². The summed E-state index contributed by atoms with van der Waals surface area (Å²) >= 11 is 0. The molecular formula is C10H17N3O2. The van der Waals surface area contributed by atoms with Crippen molar-refractivity contribution in [3.63, 3.8) is 0 Å². The highest BCUT2D eigenvalue weighted by Gasteiger charge is 2.50. The van der Waals surface area contributed by atoms with Gasteiger partial charge in [-0.2, -0.15) is 0 Å². The van der Waals surface area contributed by atoms with Gasteiger partial charge in [-0.05, 0) is 26.3 Å². The number of carbonyl (C=O) groups excluding carboxylic acids is 2. The lowest BCUT2D eigenvalue weighted by Crippen LogP contribution is -2.55. The Hall–Kier alpha value is -1.10. The Morgan fingerprint density at radius 2 is 2.20 bits per heavy atom. The van der Waals surface area contributed by atoms with E-state index in [4.69, 9.17) is 0 Å². The molecule has 2 heterocycles. The molecule has 2 fully saturated rings. The van der Waals surface area contributed by atoms with Crippen molar-refractivity contribution < 1.29 is 9.59 Å². The van der Waals surface area contributed by atoms with Crippen LogP contribution in [-0.4, -0.2) is 42.5 Å². The number of hydrogen-bond acceptors (Lipinski definition) is 3. The van der Waals surface area contributed by atoms with Gasteiger partial charge in [-0.1, -0.05) is 0 Å². The number of nitrogens with one attached hydrogen (secondary N) is 2. The highest BCUT2D eigenvalue weighted by atomic mass is 16.2. The van der Waals surface area contributed by atoms with Crippen LogP contribution in [0.2, 0.25) is 0 Å². The number of piperidine rings is 1. The molecule has 2 saturated heterocycles. The zero-order chi connectivity index (χ0) is 11.1.